The zero-order valence-electron chi connectivity index (χ0n) is 10.6. The minimum absolute atomic E-state index is 0.149. The number of nitrogens with one attached hydrogen (secondary N) is 1. The van der Waals surface area contributed by atoms with Crippen molar-refractivity contribution in [3.05, 3.63) is 34.3 Å². The number of anilines is 3. The zero-order chi connectivity index (χ0) is 14.1. The van der Waals surface area contributed by atoms with E-state index >= 15 is 0 Å². The summed E-state index contributed by atoms with van der Waals surface area (Å²) in [4.78, 5) is 12.7. The highest BCUT2D eigenvalue weighted by Gasteiger charge is 2.16. The number of fused-ring (bicyclic) bond motifs is 1. The average molecular weight is 333 g/mol. The quantitative estimate of drug-likeness (QED) is 0.743. The third kappa shape index (κ3) is 2.44. The Morgan fingerprint density at radius 2 is 1.85 bits per heavy atom. The van der Waals surface area contributed by atoms with Crippen LogP contribution in [0.15, 0.2) is 33.7 Å². The van der Waals surface area contributed by atoms with E-state index in [4.69, 9.17) is 11.5 Å². The fourth-order valence-electron chi connectivity index (χ4n) is 2.06. The second-order valence-corrected chi connectivity index (χ2v) is 5.32. The maximum atomic E-state index is 5.89. The first kappa shape index (κ1) is 12.9. The third-order valence-electron chi connectivity index (χ3n) is 3.01. The molecule has 1 aromatic heterocycles. The van der Waals surface area contributed by atoms with Crippen molar-refractivity contribution in [3.8, 4) is 0 Å². The number of rotatable bonds is 1. The molecule has 7 heteroatoms. The van der Waals surface area contributed by atoms with Crippen molar-refractivity contribution in [2.24, 2.45) is 4.99 Å². The Hall–Kier alpha value is -2.15. The number of hydrogen-bond acceptors (Lipinski definition) is 6. The van der Waals surface area contributed by atoms with Crippen molar-refractivity contribution in [3.63, 3.8) is 0 Å². The molecule has 0 atom stereocenters. The molecule has 1 aliphatic rings. The molecule has 0 fully saturated rings. The van der Waals surface area contributed by atoms with Gasteiger partial charge in [-0.3, -0.25) is 0 Å². The lowest BCUT2D eigenvalue weighted by molar-refractivity contribution is 1.09. The van der Waals surface area contributed by atoms with Gasteiger partial charge in [-0.15, -0.1) is 0 Å². The summed E-state index contributed by atoms with van der Waals surface area (Å²) in [6, 6.07) is 8.00. The van der Waals surface area contributed by atoms with Crippen LogP contribution in [0.5, 0.6) is 0 Å². The van der Waals surface area contributed by atoms with Crippen LogP contribution < -0.4 is 16.8 Å². The lowest BCUT2D eigenvalue weighted by atomic mass is 10.1. The number of nitrogen functional groups attached to an aromatic ring is 2. The fourth-order valence-corrected chi connectivity index (χ4v) is 2.33. The number of aromatic nitrogens is 2. The van der Waals surface area contributed by atoms with E-state index < -0.39 is 0 Å². The van der Waals surface area contributed by atoms with Crippen molar-refractivity contribution in [1.29, 1.82) is 0 Å². The van der Waals surface area contributed by atoms with Crippen LogP contribution in [-0.2, 0) is 0 Å². The molecule has 0 saturated heterocycles. The van der Waals surface area contributed by atoms with E-state index in [1.165, 1.54) is 0 Å². The lowest BCUT2D eigenvalue weighted by Crippen LogP contribution is -2.08. The highest BCUT2D eigenvalue weighted by Crippen LogP contribution is 2.32. The first-order valence-electron chi connectivity index (χ1n) is 6.14. The van der Waals surface area contributed by atoms with E-state index in [1.807, 2.05) is 24.3 Å². The van der Waals surface area contributed by atoms with Gasteiger partial charge in [-0.25, -0.2) is 4.99 Å². The standard InChI is InChI=1S/C13H13BrN6/c14-8-3-1-7(2-4-8)9-5-6-17-12-10(18-9)11(15)19-13(16)20-12/h1-4H,5-6H2,(H5,15,16,17,19,20). The second-order valence-electron chi connectivity index (χ2n) is 4.41. The summed E-state index contributed by atoms with van der Waals surface area (Å²) >= 11 is 3.42. The Morgan fingerprint density at radius 1 is 1.10 bits per heavy atom. The molecule has 20 heavy (non-hydrogen) atoms. The maximum absolute atomic E-state index is 5.89. The van der Waals surface area contributed by atoms with E-state index in [9.17, 15) is 0 Å². The van der Waals surface area contributed by atoms with Gasteiger partial charge in [0.05, 0.1) is 5.71 Å². The SMILES string of the molecule is Nc1nc(N)c2c(n1)NCCC(c1ccc(Br)cc1)=N2. The highest BCUT2D eigenvalue weighted by atomic mass is 79.9. The van der Waals surface area contributed by atoms with Crippen molar-refractivity contribution < 1.29 is 0 Å². The number of nitrogens with two attached hydrogens (primary N) is 2. The maximum Gasteiger partial charge on any atom is 0.224 e. The van der Waals surface area contributed by atoms with Crippen molar-refractivity contribution in [2.45, 2.75) is 6.42 Å². The predicted molar refractivity (Wildman–Crippen MR) is 84.3 cm³/mol. The molecule has 2 heterocycles. The minimum atomic E-state index is 0.149. The molecule has 0 aliphatic carbocycles. The van der Waals surface area contributed by atoms with Gasteiger partial charge in [-0.1, -0.05) is 28.1 Å². The van der Waals surface area contributed by atoms with Gasteiger partial charge in [-0.2, -0.15) is 9.97 Å². The van der Waals surface area contributed by atoms with Crippen LogP contribution in [0, 0.1) is 0 Å². The smallest absolute Gasteiger partial charge is 0.224 e. The summed E-state index contributed by atoms with van der Waals surface area (Å²) in [5.41, 5.74) is 14.0. The Kier molecular flexibility index (Phi) is 3.27. The molecule has 0 unspecified atom stereocenters. The van der Waals surface area contributed by atoms with Crippen LogP contribution >= 0.6 is 15.9 Å². The second kappa shape index (κ2) is 5.09. The third-order valence-corrected chi connectivity index (χ3v) is 3.54. The number of hydrogen-bond donors (Lipinski definition) is 3. The number of aliphatic imine (C=N–C) groups is 1. The molecule has 0 saturated carbocycles. The number of halogens is 1. The van der Waals surface area contributed by atoms with Crippen LogP contribution in [0.4, 0.5) is 23.3 Å². The Bertz CT molecular complexity index is 680. The Labute approximate surface area is 124 Å². The average Bonchev–Trinajstić information content (AvgIpc) is 2.62. The zero-order valence-corrected chi connectivity index (χ0v) is 12.2. The molecule has 0 radical (unpaired) electrons. The van der Waals surface area contributed by atoms with E-state index in [0.29, 0.717) is 11.5 Å². The summed E-state index contributed by atoms with van der Waals surface area (Å²) in [5.74, 6) is 1.02. The molecule has 2 aromatic rings. The van der Waals surface area contributed by atoms with Gasteiger partial charge in [0, 0.05) is 17.4 Å². The van der Waals surface area contributed by atoms with Gasteiger partial charge in [0.25, 0.3) is 0 Å². The predicted octanol–water partition coefficient (Wildman–Crippen LogP) is 2.34. The molecule has 6 nitrogen and oxygen atoms in total. The first-order valence-corrected chi connectivity index (χ1v) is 6.93. The topological polar surface area (TPSA) is 102 Å². The summed E-state index contributed by atoms with van der Waals surface area (Å²) in [5, 5.41) is 3.18. The van der Waals surface area contributed by atoms with Gasteiger partial charge in [0.2, 0.25) is 5.95 Å². The minimum Gasteiger partial charge on any atom is -0.382 e. The fraction of sp³-hybridized carbons (Fsp3) is 0.154. The van der Waals surface area contributed by atoms with Crippen LogP contribution in [-0.4, -0.2) is 22.2 Å². The van der Waals surface area contributed by atoms with Gasteiger partial charge >= 0.3 is 0 Å². The van der Waals surface area contributed by atoms with Gasteiger partial charge in [-0.05, 0) is 17.7 Å². The van der Waals surface area contributed by atoms with E-state index in [0.717, 1.165) is 28.7 Å². The first-order chi connectivity index (χ1) is 9.63. The van der Waals surface area contributed by atoms with Crippen molar-refractivity contribution in [2.75, 3.05) is 23.3 Å². The van der Waals surface area contributed by atoms with Crippen LogP contribution in [0.1, 0.15) is 12.0 Å². The molecule has 0 bridgehead atoms. The molecule has 3 rings (SSSR count). The van der Waals surface area contributed by atoms with Gasteiger partial charge in [0.1, 0.15) is 5.69 Å². The van der Waals surface area contributed by atoms with Crippen LogP contribution in [0.25, 0.3) is 0 Å². The highest BCUT2D eigenvalue weighted by molar-refractivity contribution is 9.10. The summed E-state index contributed by atoms with van der Waals surface area (Å²) in [6.45, 7) is 0.720. The lowest BCUT2D eigenvalue weighted by Gasteiger charge is -2.06. The van der Waals surface area contributed by atoms with E-state index in [-0.39, 0.29) is 11.8 Å². The Balaban J connectivity index is 2.08. The number of benzene rings is 1. The monoisotopic (exact) mass is 332 g/mol. The van der Waals surface area contributed by atoms with Crippen LogP contribution in [0.3, 0.4) is 0 Å². The van der Waals surface area contributed by atoms with Gasteiger partial charge < -0.3 is 16.8 Å². The number of nitrogens with zero attached hydrogens (tertiary/aromatic N) is 3. The Morgan fingerprint density at radius 3 is 2.60 bits per heavy atom. The molecule has 5 N–H and O–H groups in total. The molecular weight excluding hydrogens is 320 g/mol. The normalized spacial score (nSPS) is 13.9. The van der Waals surface area contributed by atoms with Crippen molar-refractivity contribution in [1.82, 2.24) is 9.97 Å². The molecule has 0 spiro atoms. The van der Waals surface area contributed by atoms with E-state index in [1.54, 1.807) is 0 Å². The molecule has 0 amide bonds. The molecular formula is C13H13BrN6. The largest absolute Gasteiger partial charge is 0.382 e. The molecule has 102 valence electrons. The molecule has 1 aromatic carbocycles. The van der Waals surface area contributed by atoms with Gasteiger partial charge in [0.15, 0.2) is 11.6 Å². The van der Waals surface area contributed by atoms with Crippen molar-refractivity contribution >= 4 is 44.9 Å². The molecule has 1 aliphatic heterocycles. The van der Waals surface area contributed by atoms with E-state index in [2.05, 4.69) is 36.2 Å². The van der Waals surface area contributed by atoms with Crippen LogP contribution in [0.2, 0.25) is 0 Å². The summed E-state index contributed by atoms with van der Waals surface area (Å²) in [6.07, 6.45) is 0.775. The summed E-state index contributed by atoms with van der Waals surface area (Å²) < 4.78 is 1.03. The summed E-state index contributed by atoms with van der Waals surface area (Å²) in [7, 11) is 0.